The first-order chi connectivity index (χ1) is 16.2. The number of nitrogens with one attached hydrogen (secondary N) is 1. The van der Waals surface area contributed by atoms with Crippen LogP contribution in [0.5, 0.6) is 0 Å². The second kappa shape index (κ2) is 9.80. The number of pyridine rings is 1. The number of hydrogen-bond donors (Lipinski definition) is 1. The van der Waals surface area contributed by atoms with E-state index < -0.39 is 0 Å². The van der Waals surface area contributed by atoms with Crippen LogP contribution in [0.1, 0.15) is 68.9 Å². The summed E-state index contributed by atoms with van der Waals surface area (Å²) in [4.78, 5) is 19.7. The number of H-pyrrole nitrogens is 1. The summed E-state index contributed by atoms with van der Waals surface area (Å²) in [6, 6.07) is 12.3. The van der Waals surface area contributed by atoms with Gasteiger partial charge in [0.25, 0.3) is 5.56 Å². The van der Waals surface area contributed by atoms with E-state index in [2.05, 4.69) is 90.5 Å². The Labute approximate surface area is 204 Å². The van der Waals surface area contributed by atoms with Crippen molar-refractivity contribution in [3.63, 3.8) is 0 Å². The summed E-state index contributed by atoms with van der Waals surface area (Å²) < 4.78 is 1.97. The monoisotopic (exact) mass is 478 g/mol. The predicted molar refractivity (Wildman–Crippen MR) is 138 cm³/mol. The summed E-state index contributed by atoms with van der Waals surface area (Å²) in [5.74, 6) is 1.07. The molecule has 0 spiro atoms. The zero-order valence-corrected chi connectivity index (χ0v) is 21.7. The van der Waals surface area contributed by atoms with Gasteiger partial charge in [0.2, 0.25) is 0 Å². The van der Waals surface area contributed by atoms with E-state index in [1.807, 2.05) is 22.9 Å². The van der Waals surface area contributed by atoms with Gasteiger partial charge in [-0.25, -0.2) is 4.68 Å². The number of fused-ring (bicyclic) bond motifs is 1. The van der Waals surface area contributed by atoms with E-state index in [1.54, 1.807) is 11.3 Å². The molecule has 0 aliphatic carbocycles. The van der Waals surface area contributed by atoms with E-state index in [0.717, 1.165) is 28.7 Å². The number of tetrazole rings is 1. The number of hydrogen-bond acceptors (Lipinski definition) is 6. The molecule has 3 heterocycles. The first-order valence-corrected chi connectivity index (χ1v) is 12.8. The number of rotatable bonds is 9. The van der Waals surface area contributed by atoms with Gasteiger partial charge in [0, 0.05) is 29.0 Å². The molecule has 0 radical (unpaired) electrons. The molecule has 34 heavy (non-hydrogen) atoms. The average molecular weight is 479 g/mol. The minimum absolute atomic E-state index is 0.0523. The first-order valence-electron chi connectivity index (χ1n) is 11.9. The highest BCUT2D eigenvalue weighted by atomic mass is 32.1. The summed E-state index contributed by atoms with van der Waals surface area (Å²) in [5.41, 5.74) is 2.51. The Morgan fingerprint density at radius 2 is 1.97 bits per heavy atom. The molecule has 7 nitrogen and oxygen atoms in total. The lowest BCUT2D eigenvalue weighted by Crippen LogP contribution is -2.38. The van der Waals surface area contributed by atoms with Gasteiger partial charge >= 0.3 is 0 Å². The highest BCUT2D eigenvalue weighted by Gasteiger charge is 2.34. The number of thiophene rings is 1. The molecule has 0 fully saturated rings. The number of benzene rings is 1. The fourth-order valence-corrected chi connectivity index (χ4v) is 5.13. The quantitative estimate of drug-likeness (QED) is 0.347. The van der Waals surface area contributed by atoms with E-state index in [1.165, 1.54) is 10.4 Å². The van der Waals surface area contributed by atoms with Crippen molar-refractivity contribution in [3.8, 4) is 0 Å². The summed E-state index contributed by atoms with van der Waals surface area (Å²) >= 11 is 1.73. The zero-order valence-electron chi connectivity index (χ0n) is 20.9. The van der Waals surface area contributed by atoms with Crippen molar-refractivity contribution in [1.29, 1.82) is 0 Å². The van der Waals surface area contributed by atoms with Gasteiger partial charge < -0.3 is 4.98 Å². The Bertz CT molecular complexity index is 1300. The topological polar surface area (TPSA) is 79.7 Å². The minimum Gasteiger partial charge on any atom is -0.322 e. The summed E-state index contributed by atoms with van der Waals surface area (Å²) in [6.07, 6.45) is 0.907. The summed E-state index contributed by atoms with van der Waals surface area (Å²) in [7, 11) is 0. The Balaban J connectivity index is 1.80. The van der Waals surface area contributed by atoms with Gasteiger partial charge in [-0.3, -0.25) is 9.69 Å². The lowest BCUT2D eigenvalue weighted by molar-refractivity contribution is 0.119. The van der Waals surface area contributed by atoms with Crippen molar-refractivity contribution in [2.45, 2.75) is 72.6 Å². The minimum atomic E-state index is -0.210. The third-order valence-corrected chi connectivity index (χ3v) is 7.47. The second-order valence-electron chi connectivity index (χ2n) is 10.0. The van der Waals surface area contributed by atoms with Crippen molar-refractivity contribution in [2.75, 3.05) is 0 Å². The maximum Gasteiger partial charge on any atom is 0.252 e. The van der Waals surface area contributed by atoms with Crippen LogP contribution in [0, 0.1) is 12.8 Å². The van der Waals surface area contributed by atoms with Crippen LogP contribution in [0.3, 0.4) is 0 Å². The van der Waals surface area contributed by atoms with Gasteiger partial charge in [-0.1, -0.05) is 38.5 Å². The van der Waals surface area contributed by atoms with Gasteiger partial charge in [0.05, 0.1) is 11.6 Å². The lowest BCUT2D eigenvalue weighted by Gasteiger charge is -2.35. The highest BCUT2D eigenvalue weighted by molar-refractivity contribution is 7.09. The molecular weight excluding hydrogens is 444 g/mol. The third kappa shape index (κ3) is 4.98. The molecule has 0 aliphatic rings. The third-order valence-electron chi connectivity index (χ3n) is 6.61. The number of aromatic amines is 1. The van der Waals surface area contributed by atoms with Gasteiger partial charge in [-0.15, -0.1) is 16.4 Å². The molecule has 1 aromatic carbocycles. The largest absolute Gasteiger partial charge is 0.322 e. The molecule has 1 atom stereocenters. The lowest BCUT2D eigenvalue weighted by atomic mass is 9.97. The number of nitrogens with zero attached hydrogens (tertiary/aromatic N) is 5. The van der Waals surface area contributed by atoms with Crippen molar-refractivity contribution in [2.24, 2.45) is 5.92 Å². The van der Waals surface area contributed by atoms with Crippen LogP contribution in [0.15, 0.2) is 46.6 Å². The fourth-order valence-electron chi connectivity index (χ4n) is 4.41. The molecule has 0 aliphatic heterocycles. The first kappa shape index (κ1) is 24.3. The summed E-state index contributed by atoms with van der Waals surface area (Å²) in [5, 5.41) is 16.1. The van der Waals surface area contributed by atoms with Crippen molar-refractivity contribution in [3.05, 3.63) is 74.0 Å². The molecule has 3 aromatic heterocycles. The zero-order chi connectivity index (χ0) is 24.5. The molecule has 0 saturated carbocycles. The second-order valence-corrected chi connectivity index (χ2v) is 11.0. The van der Waals surface area contributed by atoms with Gasteiger partial charge in [-0.05, 0) is 78.6 Å². The van der Waals surface area contributed by atoms with Crippen LogP contribution in [0.25, 0.3) is 10.9 Å². The molecule has 0 unspecified atom stereocenters. The Kier molecular flexibility index (Phi) is 7.00. The van der Waals surface area contributed by atoms with E-state index in [9.17, 15) is 4.79 Å². The average Bonchev–Trinajstić information content (AvgIpc) is 3.47. The number of aryl methyl sites for hydroxylation is 1. The normalized spacial score (nSPS) is 13.3. The van der Waals surface area contributed by atoms with E-state index in [0.29, 0.717) is 13.1 Å². The van der Waals surface area contributed by atoms with E-state index in [4.69, 9.17) is 0 Å². The van der Waals surface area contributed by atoms with Gasteiger partial charge in [-0.2, -0.15) is 0 Å². The molecule has 180 valence electrons. The molecule has 0 saturated heterocycles. The number of aromatic nitrogens is 5. The predicted octanol–water partition coefficient (Wildman–Crippen LogP) is 5.43. The highest BCUT2D eigenvalue weighted by Crippen LogP contribution is 2.33. The maximum absolute atomic E-state index is 13.1. The van der Waals surface area contributed by atoms with Crippen LogP contribution < -0.4 is 5.56 Å². The van der Waals surface area contributed by atoms with Crippen molar-refractivity contribution >= 4 is 22.2 Å². The van der Waals surface area contributed by atoms with Crippen molar-refractivity contribution < 1.29 is 0 Å². The van der Waals surface area contributed by atoms with E-state index in [-0.39, 0.29) is 23.1 Å². The summed E-state index contributed by atoms with van der Waals surface area (Å²) in [6.45, 7) is 14.1. The van der Waals surface area contributed by atoms with Crippen molar-refractivity contribution in [1.82, 2.24) is 30.1 Å². The van der Waals surface area contributed by atoms with Gasteiger partial charge in [0.1, 0.15) is 0 Å². The Morgan fingerprint density at radius 1 is 1.18 bits per heavy atom. The molecule has 0 amide bonds. The fraction of sp³-hybridized carbons (Fsp3) is 0.462. The standard InChI is InChI=1S/C26H34N6OS/c1-7-26(5,6)32-24(28-29-30-32)23(17(2)3)31(16-21-9-8-12-34-21)15-20-14-19-13-18(4)10-11-22(19)27-25(20)33/h8-14,17,23H,7,15-16H2,1-6H3,(H,27,33)/t23-/m0/s1. The smallest absolute Gasteiger partial charge is 0.252 e. The molecule has 4 aromatic rings. The molecule has 4 rings (SSSR count). The molecule has 0 bridgehead atoms. The van der Waals surface area contributed by atoms with E-state index >= 15 is 0 Å². The van der Waals surface area contributed by atoms with Crippen LogP contribution in [0.2, 0.25) is 0 Å². The van der Waals surface area contributed by atoms with Crippen LogP contribution in [-0.4, -0.2) is 30.1 Å². The molecular formula is C26H34N6OS. The van der Waals surface area contributed by atoms with Crippen LogP contribution in [-0.2, 0) is 18.6 Å². The Hall–Kier alpha value is -2.84. The van der Waals surface area contributed by atoms with Gasteiger partial charge in [0.15, 0.2) is 5.82 Å². The molecule has 1 N–H and O–H groups in total. The maximum atomic E-state index is 13.1. The SMILES string of the molecule is CCC(C)(C)n1nnnc1[C@H](C(C)C)N(Cc1cccs1)Cc1cc2cc(C)ccc2[nH]c1=O. The molecule has 8 heteroatoms. The van der Waals surface area contributed by atoms with Crippen LogP contribution >= 0.6 is 11.3 Å². The van der Waals surface area contributed by atoms with Crippen LogP contribution in [0.4, 0.5) is 0 Å². The Morgan fingerprint density at radius 3 is 2.65 bits per heavy atom.